The summed E-state index contributed by atoms with van der Waals surface area (Å²) < 4.78 is 5.09. The number of amides is 2. The molecule has 0 radical (unpaired) electrons. The summed E-state index contributed by atoms with van der Waals surface area (Å²) in [5.41, 5.74) is 1.57. The molecule has 1 heterocycles. The first-order chi connectivity index (χ1) is 11.7. The predicted molar refractivity (Wildman–Crippen MR) is 97.0 cm³/mol. The van der Waals surface area contributed by atoms with Gasteiger partial charge in [0, 0.05) is 0 Å². The molecule has 120 valence electrons. The molecule has 5 heteroatoms. The Morgan fingerprint density at radius 2 is 1.71 bits per heavy atom. The van der Waals surface area contributed by atoms with E-state index >= 15 is 0 Å². The zero-order valence-electron chi connectivity index (χ0n) is 13.0. The quantitative estimate of drug-likeness (QED) is 0.771. The van der Waals surface area contributed by atoms with Crippen LogP contribution in [-0.2, 0) is 4.79 Å². The number of benzene rings is 2. The summed E-state index contributed by atoms with van der Waals surface area (Å²) in [5, 5.41) is -0.301. The molecule has 0 unspecified atom stereocenters. The largest absolute Gasteiger partial charge is 0.497 e. The standard InChI is InChI=1S/C19H15NO3S/c1-23-16-12-10-15(11-13-16)20-18(21)17(24-19(20)22)9-5-8-14-6-3-2-4-7-14/h2-13H,1H3/b8-5+,17-9-. The van der Waals surface area contributed by atoms with Crippen LogP contribution in [0.15, 0.2) is 71.7 Å². The topological polar surface area (TPSA) is 46.6 Å². The first kappa shape index (κ1) is 16.1. The molecule has 1 saturated heterocycles. The molecule has 0 aliphatic carbocycles. The lowest BCUT2D eigenvalue weighted by Gasteiger charge is -2.12. The molecular formula is C19H15NO3S. The van der Waals surface area contributed by atoms with Gasteiger partial charge in [-0.1, -0.05) is 42.5 Å². The van der Waals surface area contributed by atoms with E-state index in [0.29, 0.717) is 16.3 Å². The van der Waals surface area contributed by atoms with Gasteiger partial charge in [-0.25, -0.2) is 4.90 Å². The van der Waals surface area contributed by atoms with E-state index in [0.717, 1.165) is 17.3 Å². The average Bonchev–Trinajstić information content (AvgIpc) is 2.90. The lowest BCUT2D eigenvalue weighted by molar-refractivity contribution is -0.113. The minimum atomic E-state index is -0.312. The highest BCUT2D eigenvalue weighted by Crippen LogP contribution is 2.35. The second-order valence-corrected chi connectivity index (χ2v) is 6.00. The maximum atomic E-state index is 12.5. The highest BCUT2D eigenvalue weighted by Gasteiger charge is 2.35. The van der Waals surface area contributed by atoms with Crippen LogP contribution < -0.4 is 9.64 Å². The molecule has 4 nitrogen and oxygen atoms in total. The highest BCUT2D eigenvalue weighted by atomic mass is 32.2. The van der Waals surface area contributed by atoms with Gasteiger partial charge >= 0.3 is 0 Å². The molecule has 24 heavy (non-hydrogen) atoms. The second kappa shape index (κ2) is 7.19. The third-order valence-electron chi connectivity index (χ3n) is 3.46. The average molecular weight is 337 g/mol. The van der Waals surface area contributed by atoms with Crippen LogP contribution >= 0.6 is 11.8 Å². The van der Waals surface area contributed by atoms with Crippen LogP contribution in [0.5, 0.6) is 5.75 Å². The monoisotopic (exact) mass is 337 g/mol. The molecule has 0 spiro atoms. The van der Waals surface area contributed by atoms with Gasteiger partial charge in [0.05, 0.1) is 17.7 Å². The Kier molecular flexibility index (Phi) is 4.82. The Labute approximate surface area is 144 Å². The smallest absolute Gasteiger partial charge is 0.298 e. The molecule has 1 aliphatic heterocycles. The fraction of sp³-hybridized carbons (Fsp3) is 0.0526. The van der Waals surface area contributed by atoms with Crippen LogP contribution in [0.2, 0.25) is 0 Å². The van der Waals surface area contributed by atoms with Gasteiger partial charge in [0.25, 0.3) is 11.1 Å². The van der Waals surface area contributed by atoms with Crippen molar-refractivity contribution in [3.05, 3.63) is 77.2 Å². The number of hydrogen-bond donors (Lipinski definition) is 0. The minimum Gasteiger partial charge on any atom is -0.497 e. The molecule has 1 fully saturated rings. The number of ether oxygens (including phenoxy) is 1. The van der Waals surface area contributed by atoms with Crippen LogP contribution in [0.4, 0.5) is 10.5 Å². The number of nitrogens with zero attached hydrogens (tertiary/aromatic N) is 1. The van der Waals surface area contributed by atoms with Crippen LogP contribution in [0.1, 0.15) is 5.56 Å². The number of anilines is 1. The molecule has 0 bridgehead atoms. The number of rotatable bonds is 4. The van der Waals surface area contributed by atoms with Gasteiger partial charge in [0.15, 0.2) is 0 Å². The minimum absolute atomic E-state index is 0.301. The summed E-state index contributed by atoms with van der Waals surface area (Å²) in [5.74, 6) is 0.361. The van der Waals surface area contributed by atoms with E-state index < -0.39 is 0 Å². The SMILES string of the molecule is COc1ccc(N2C(=O)S/C(=C\C=C\c3ccccc3)C2=O)cc1. The third-order valence-corrected chi connectivity index (χ3v) is 4.35. The van der Waals surface area contributed by atoms with E-state index in [4.69, 9.17) is 4.74 Å². The fourth-order valence-electron chi connectivity index (χ4n) is 2.25. The first-order valence-electron chi connectivity index (χ1n) is 7.33. The number of thioether (sulfide) groups is 1. The van der Waals surface area contributed by atoms with Crippen molar-refractivity contribution in [2.24, 2.45) is 0 Å². The van der Waals surface area contributed by atoms with Gasteiger partial charge in [-0.2, -0.15) is 0 Å². The van der Waals surface area contributed by atoms with Crippen molar-refractivity contribution in [3.8, 4) is 5.75 Å². The Morgan fingerprint density at radius 3 is 2.38 bits per heavy atom. The highest BCUT2D eigenvalue weighted by molar-refractivity contribution is 8.18. The Hall–Kier alpha value is -2.79. The molecule has 0 N–H and O–H groups in total. The molecule has 2 amide bonds. The van der Waals surface area contributed by atoms with Crippen molar-refractivity contribution in [2.45, 2.75) is 0 Å². The van der Waals surface area contributed by atoms with Gasteiger partial charge in [-0.05, 0) is 47.7 Å². The van der Waals surface area contributed by atoms with Gasteiger partial charge in [0.2, 0.25) is 0 Å². The molecule has 0 atom stereocenters. The first-order valence-corrected chi connectivity index (χ1v) is 8.14. The lowest BCUT2D eigenvalue weighted by Crippen LogP contribution is -2.27. The summed E-state index contributed by atoms with van der Waals surface area (Å²) in [4.78, 5) is 26.2. The predicted octanol–water partition coefficient (Wildman–Crippen LogP) is 4.49. The maximum absolute atomic E-state index is 12.5. The van der Waals surface area contributed by atoms with Crippen LogP contribution in [0.3, 0.4) is 0 Å². The molecule has 0 saturated carbocycles. The van der Waals surface area contributed by atoms with E-state index in [2.05, 4.69) is 0 Å². The van der Waals surface area contributed by atoms with Crippen molar-refractivity contribution < 1.29 is 14.3 Å². The summed E-state index contributed by atoms with van der Waals surface area (Å²) in [6.07, 6.45) is 5.34. The molecule has 3 rings (SSSR count). The van der Waals surface area contributed by atoms with Crippen molar-refractivity contribution in [1.82, 2.24) is 0 Å². The normalized spacial score (nSPS) is 16.4. The molecule has 1 aliphatic rings. The van der Waals surface area contributed by atoms with Crippen molar-refractivity contribution in [1.29, 1.82) is 0 Å². The van der Waals surface area contributed by atoms with Crippen LogP contribution in [-0.4, -0.2) is 18.3 Å². The number of methoxy groups -OCH3 is 1. The van der Waals surface area contributed by atoms with E-state index in [1.165, 1.54) is 4.90 Å². The van der Waals surface area contributed by atoms with Gasteiger partial charge in [-0.15, -0.1) is 0 Å². The van der Waals surface area contributed by atoms with E-state index in [9.17, 15) is 9.59 Å². The van der Waals surface area contributed by atoms with Crippen molar-refractivity contribution in [3.63, 3.8) is 0 Å². The van der Waals surface area contributed by atoms with Crippen LogP contribution in [0.25, 0.3) is 6.08 Å². The zero-order chi connectivity index (χ0) is 16.9. The van der Waals surface area contributed by atoms with E-state index in [1.54, 1.807) is 43.5 Å². The Bertz CT molecular complexity index is 810. The lowest BCUT2D eigenvalue weighted by atomic mass is 10.2. The molecular weight excluding hydrogens is 322 g/mol. The van der Waals surface area contributed by atoms with Gasteiger partial charge < -0.3 is 4.74 Å². The third kappa shape index (κ3) is 3.41. The summed E-state index contributed by atoms with van der Waals surface area (Å²) in [6, 6.07) is 16.6. The van der Waals surface area contributed by atoms with E-state index in [1.807, 2.05) is 36.4 Å². The van der Waals surface area contributed by atoms with Crippen molar-refractivity contribution >= 4 is 34.7 Å². The number of carbonyl (C=O) groups is 2. The van der Waals surface area contributed by atoms with E-state index in [-0.39, 0.29) is 11.1 Å². The number of carbonyl (C=O) groups excluding carboxylic acids is 2. The van der Waals surface area contributed by atoms with Gasteiger partial charge in [-0.3, -0.25) is 9.59 Å². The second-order valence-electron chi connectivity index (χ2n) is 5.01. The summed E-state index contributed by atoms with van der Waals surface area (Å²) >= 11 is 0.938. The fourth-order valence-corrected chi connectivity index (χ4v) is 3.04. The van der Waals surface area contributed by atoms with Gasteiger partial charge in [0.1, 0.15) is 5.75 Å². The molecule has 0 aromatic heterocycles. The molecule has 2 aromatic carbocycles. The summed E-state index contributed by atoms with van der Waals surface area (Å²) in [6.45, 7) is 0. The molecule has 2 aromatic rings. The zero-order valence-corrected chi connectivity index (χ0v) is 13.8. The number of hydrogen-bond acceptors (Lipinski definition) is 4. The van der Waals surface area contributed by atoms with Crippen LogP contribution in [0, 0.1) is 0 Å². The summed E-state index contributed by atoms with van der Waals surface area (Å²) in [7, 11) is 1.57. The Morgan fingerprint density at radius 1 is 1.00 bits per heavy atom. The number of imide groups is 1. The maximum Gasteiger partial charge on any atom is 0.298 e. The Balaban J connectivity index is 1.78. The number of allylic oxidation sites excluding steroid dienone is 2. The van der Waals surface area contributed by atoms with Crippen molar-refractivity contribution in [2.75, 3.05) is 12.0 Å².